The molecule has 0 heterocycles. The van der Waals surface area contributed by atoms with Gasteiger partial charge in [0.15, 0.2) is 5.11 Å². The van der Waals surface area contributed by atoms with E-state index in [-0.39, 0.29) is 11.9 Å². The third-order valence-electron chi connectivity index (χ3n) is 3.30. The van der Waals surface area contributed by atoms with Crippen molar-refractivity contribution in [1.29, 1.82) is 0 Å². The van der Waals surface area contributed by atoms with Crippen molar-refractivity contribution in [1.82, 2.24) is 10.6 Å². The van der Waals surface area contributed by atoms with Crippen LogP contribution in [-0.4, -0.2) is 23.1 Å². The maximum atomic E-state index is 11.3. The van der Waals surface area contributed by atoms with E-state index >= 15 is 0 Å². The van der Waals surface area contributed by atoms with Crippen LogP contribution < -0.4 is 16.4 Å². The standard InChI is InChI=1S/C13H25N3OS/c1-9(2)8-11(12(14)17)16-13(18)15-10-6-4-3-5-7-10/h9-11H,3-8H2,1-2H3,(H2,14,17)(H2,15,16,18)/t11-/m1/s1. The van der Waals surface area contributed by atoms with Crippen LogP contribution in [0.3, 0.4) is 0 Å². The lowest BCUT2D eigenvalue weighted by atomic mass is 9.96. The molecular formula is C13H25N3OS. The number of carbonyl (C=O) groups excluding carboxylic acids is 1. The molecule has 1 aliphatic rings. The Labute approximate surface area is 115 Å². The quantitative estimate of drug-likeness (QED) is 0.666. The van der Waals surface area contributed by atoms with Crippen LogP contribution in [0.25, 0.3) is 0 Å². The van der Waals surface area contributed by atoms with Gasteiger partial charge in [-0.3, -0.25) is 4.79 Å². The fraction of sp³-hybridized carbons (Fsp3) is 0.846. The number of carbonyl (C=O) groups is 1. The molecule has 1 rings (SSSR count). The zero-order chi connectivity index (χ0) is 13.5. The third-order valence-corrected chi connectivity index (χ3v) is 3.53. The number of nitrogens with two attached hydrogens (primary N) is 1. The van der Waals surface area contributed by atoms with E-state index in [1.807, 2.05) is 0 Å². The van der Waals surface area contributed by atoms with Gasteiger partial charge in [0.05, 0.1) is 0 Å². The van der Waals surface area contributed by atoms with E-state index in [9.17, 15) is 4.79 Å². The monoisotopic (exact) mass is 271 g/mol. The molecule has 0 aliphatic heterocycles. The van der Waals surface area contributed by atoms with Crippen molar-refractivity contribution >= 4 is 23.2 Å². The summed E-state index contributed by atoms with van der Waals surface area (Å²) in [5.74, 6) is 0.0731. The Morgan fingerprint density at radius 3 is 2.44 bits per heavy atom. The molecule has 104 valence electrons. The van der Waals surface area contributed by atoms with Crippen LogP contribution in [0.1, 0.15) is 52.4 Å². The maximum Gasteiger partial charge on any atom is 0.239 e. The highest BCUT2D eigenvalue weighted by Crippen LogP contribution is 2.17. The predicted molar refractivity (Wildman–Crippen MR) is 78.2 cm³/mol. The second-order valence-electron chi connectivity index (χ2n) is 5.54. The van der Waals surface area contributed by atoms with Crippen molar-refractivity contribution in [2.75, 3.05) is 0 Å². The summed E-state index contributed by atoms with van der Waals surface area (Å²) >= 11 is 5.25. The van der Waals surface area contributed by atoms with Crippen molar-refractivity contribution < 1.29 is 4.79 Å². The van der Waals surface area contributed by atoms with Crippen molar-refractivity contribution in [2.24, 2.45) is 11.7 Å². The van der Waals surface area contributed by atoms with Gasteiger partial charge in [0.2, 0.25) is 5.91 Å². The van der Waals surface area contributed by atoms with Crippen LogP contribution in [0.15, 0.2) is 0 Å². The molecule has 5 heteroatoms. The SMILES string of the molecule is CC(C)C[C@@H](NC(=S)NC1CCCCC1)C(N)=O. The van der Waals surface area contributed by atoms with Crippen LogP contribution in [-0.2, 0) is 4.79 Å². The average molecular weight is 271 g/mol. The largest absolute Gasteiger partial charge is 0.368 e. The minimum atomic E-state index is -0.367. The van der Waals surface area contributed by atoms with Gasteiger partial charge < -0.3 is 16.4 Å². The lowest BCUT2D eigenvalue weighted by Gasteiger charge is -2.26. The molecule has 1 amide bonds. The minimum absolute atomic E-state index is 0.337. The summed E-state index contributed by atoms with van der Waals surface area (Å²) in [4.78, 5) is 11.3. The molecule has 18 heavy (non-hydrogen) atoms. The van der Waals surface area contributed by atoms with E-state index in [0.717, 1.165) is 12.8 Å². The molecule has 0 bridgehead atoms. The minimum Gasteiger partial charge on any atom is -0.368 e. The fourth-order valence-corrected chi connectivity index (χ4v) is 2.66. The molecule has 0 radical (unpaired) electrons. The first-order chi connectivity index (χ1) is 8.49. The lowest BCUT2D eigenvalue weighted by Crippen LogP contribution is -2.51. The molecule has 4 N–H and O–H groups in total. The number of hydrogen-bond acceptors (Lipinski definition) is 2. The summed E-state index contributed by atoms with van der Waals surface area (Å²) in [6, 6.07) is 0.0833. The van der Waals surface area contributed by atoms with Gasteiger partial charge >= 0.3 is 0 Å². The van der Waals surface area contributed by atoms with E-state index < -0.39 is 0 Å². The van der Waals surface area contributed by atoms with Gasteiger partial charge in [-0.25, -0.2) is 0 Å². The first kappa shape index (κ1) is 15.2. The highest BCUT2D eigenvalue weighted by molar-refractivity contribution is 7.80. The first-order valence-electron chi connectivity index (χ1n) is 6.85. The Bertz CT molecular complexity index is 288. The Hall–Kier alpha value is -0.840. The average Bonchev–Trinajstić information content (AvgIpc) is 2.28. The van der Waals surface area contributed by atoms with Crippen molar-refractivity contribution in [3.05, 3.63) is 0 Å². The zero-order valence-corrected chi connectivity index (χ0v) is 12.2. The van der Waals surface area contributed by atoms with Gasteiger partial charge in [0, 0.05) is 6.04 Å². The lowest BCUT2D eigenvalue weighted by molar-refractivity contribution is -0.120. The molecule has 0 spiro atoms. The molecule has 1 atom stereocenters. The van der Waals surface area contributed by atoms with Gasteiger partial charge in [0.25, 0.3) is 0 Å². The molecule has 0 saturated heterocycles. The summed E-state index contributed by atoms with van der Waals surface area (Å²) < 4.78 is 0. The summed E-state index contributed by atoms with van der Waals surface area (Å²) in [6.07, 6.45) is 6.86. The van der Waals surface area contributed by atoms with Gasteiger partial charge in [0.1, 0.15) is 6.04 Å². The van der Waals surface area contributed by atoms with Gasteiger partial charge in [-0.2, -0.15) is 0 Å². The van der Waals surface area contributed by atoms with Gasteiger partial charge in [-0.15, -0.1) is 0 Å². The van der Waals surface area contributed by atoms with Crippen molar-refractivity contribution in [3.63, 3.8) is 0 Å². The number of primary amides is 1. The van der Waals surface area contributed by atoms with Crippen molar-refractivity contribution in [2.45, 2.75) is 64.5 Å². The summed E-state index contributed by atoms with van der Waals surface area (Å²) in [7, 11) is 0. The Kier molecular flexibility index (Phi) is 6.39. The Balaban J connectivity index is 2.37. The highest BCUT2D eigenvalue weighted by Gasteiger charge is 2.19. The molecule has 0 aromatic carbocycles. The molecule has 1 saturated carbocycles. The van der Waals surface area contributed by atoms with Crippen LogP contribution in [0.2, 0.25) is 0 Å². The molecule has 4 nitrogen and oxygen atoms in total. The second kappa shape index (κ2) is 7.56. The van der Waals surface area contributed by atoms with Gasteiger partial charge in [-0.05, 0) is 37.4 Å². The molecular weight excluding hydrogens is 246 g/mol. The molecule has 1 aliphatic carbocycles. The van der Waals surface area contributed by atoms with E-state index in [2.05, 4.69) is 24.5 Å². The van der Waals surface area contributed by atoms with Crippen LogP contribution >= 0.6 is 12.2 Å². The number of hydrogen-bond donors (Lipinski definition) is 3. The first-order valence-corrected chi connectivity index (χ1v) is 7.26. The molecule has 0 aromatic heterocycles. The molecule has 0 aromatic rings. The second-order valence-corrected chi connectivity index (χ2v) is 5.95. The summed E-state index contributed by atoms with van der Waals surface area (Å²) in [5, 5.41) is 6.89. The smallest absolute Gasteiger partial charge is 0.239 e. The Morgan fingerprint density at radius 2 is 1.94 bits per heavy atom. The number of nitrogens with one attached hydrogen (secondary N) is 2. The number of thiocarbonyl (C=S) groups is 1. The Morgan fingerprint density at radius 1 is 1.33 bits per heavy atom. The van der Waals surface area contributed by atoms with Crippen LogP contribution in [0.4, 0.5) is 0 Å². The van der Waals surface area contributed by atoms with Crippen LogP contribution in [0, 0.1) is 5.92 Å². The molecule has 0 unspecified atom stereocenters. The van der Waals surface area contributed by atoms with E-state index in [0.29, 0.717) is 23.5 Å². The predicted octanol–water partition coefficient (Wildman–Crippen LogP) is 1.68. The summed E-state index contributed by atoms with van der Waals surface area (Å²) in [6.45, 7) is 4.13. The number of rotatable bonds is 5. The van der Waals surface area contributed by atoms with E-state index in [4.69, 9.17) is 18.0 Å². The summed E-state index contributed by atoms with van der Waals surface area (Å²) in [5.41, 5.74) is 5.38. The van der Waals surface area contributed by atoms with E-state index in [1.165, 1.54) is 19.3 Å². The maximum absolute atomic E-state index is 11.3. The number of amides is 1. The van der Waals surface area contributed by atoms with Gasteiger partial charge in [-0.1, -0.05) is 33.1 Å². The highest BCUT2D eigenvalue weighted by atomic mass is 32.1. The normalized spacial score (nSPS) is 18.4. The van der Waals surface area contributed by atoms with E-state index in [1.54, 1.807) is 0 Å². The van der Waals surface area contributed by atoms with Crippen LogP contribution in [0.5, 0.6) is 0 Å². The van der Waals surface area contributed by atoms with Crippen molar-refractivity contribution in [3.8, 4) is 0 Å². The topological polar surface area (TPSA) is 67.2 Å². The zero-order valence-electron chi connectivity index (χ0n) is 11.4. The third kappa shape index (κ3) is 5.67. The molecule has 1 fully saturated rings. The fourth-order valence-electron chi connectivity index (χ4n) is 2.35.